The Balaban J connectivity index is 1.96. The second kappa shape index (κ2) is 15.0. The topological polar surface area (TPSA) is 32.8 Å². The molecule has 2 aromatic carbocycles. The number of esters is 1. The molecule has 0 aromatic heterocycles. The highest BCUT2D eigenvalue weighted by atomic mass is 16.5. The normalized spacial score (nSPS) is 10.9. The maximum Gasteiger partial charge on any atom is 0.333 e. The van der Waals surface area contributed by atoms with Gasteiger partial charge in [0.05, 0.1) is 6.54 Å². The fourth-order valence-corrected chi connectivity index (χ4v) is 3.69. The van der Waals surface area contributed by atoms with E-state index in [2.05, 4.69) is 97.8 Å². The van der Waals surface area contributed by atoms with Crippen LogP contribution in [0.2, 0.25) is 0 Å². The third-order valence-electron chi connectivity index (χ3n) is 5.87. The fourth-order valence-electron chi connectivity index (χ4n) is 3.69. The van der Waals surface area contributed by atoms with E-state index in [4.69, 9.17) is 4.74 Å². The Morgan fingerprint density at radius 3 is 1.68 bits per heavy atom. The summed E-state index contributed by atoms with van der Waals surface area (Å²) in [5.41, 5.74) is 5.23. The van der Waals surface area contributed by atoms with E-state index >= 15 is 0 Å². The standard InChI is InChI=1S/C30H42N2O2/c1-6-9-21-32(22-10-7-2)29-19-15-27(16-20-29)12-11-26-13-17-28(18-14-26)31(8-3)23-24-34-30(33)25(4)5/h11-20H,4,6-10,21-24H2,1-3,5H3/b12-11+. The predicted octanol–water partition coefficient (Wildman–Crippen LogP) is 7.21. The molecule has 0 fully saturated rings. The van der Waals surface area contributed by atoms with Crippen molar-refractivity contribution in [2.45, 2.75) is 53.4 Å². The van der Waals surface area contributed by atoms with Gasteiger partial charge in [0.2, 0.25) is 0 Å². The van der Waals surface area contributed by atoms with Crippen LogP contribution in [0.3, 0.4) is 0 Å². The maximum absolute atomic E-state index is 11.6. The zero-order valence-electron chi connectivity index (χ0n) is 21.6. The molecule has 0 atom stereocenters. The van der Waals surface area contributed by atoms with Gasteiger partial charge >= 0.3 is 5.97 Å². The first-order chi connectivity index (χ1) is 16.5. The lowest BCUT2D eigenvalue weighted by Crippen LogP contribution is -2.28. The van der Waals surface area contributed by atoms with Crippen LogP contribution in [0.15, 0.2) is 60.7 Å². The predicted molar refractivity (Wildman–Crippen MR) is 148 cm³/mol. The zero-order chi connectivity index (χ0) is 24.8. The molecule has 0 saturated heterocycles. The van der Waals surface area contributed by atoms with Crippen LogP contribution in [0.25, 0.3) is 12.2 Å². The summed E-state index contributed by atoms with van der Waals surface area (Å²) in [6.45, 7) is 16.0. The Kier molecular flexibility index (Phi) is 12.0. The summed E-state index contributed by atoms with van der Waals surface area (Å²) >= 11 is 0. The Labute approximate surface area is 206 Å². The minimum absolute atomic E-state index is 0.334. The molecule has 0 aliphatic heterocycles. The van der Waals surface area contributed by atoms with Crippen LogP contribution >= 0.6 is 0 Å². The number of benzene rings is 2. The van der Waals surface area contributed by atoms with Gasteiger partial charge in [0.1, 0.15) is 6.61 Å². The Bertz CT molecular complexity index is 892. The fraction of sp³-hybridized carbons (Fsp3) is 0.433. The van der Waals surface area contributed by atoms with Crippen LogP contribution < -0.4 is 9.80 Å². The number of anilines is 2. The number of hydrogen-bond donors (Lipinski definition) is 0. The highest BCUT2D eigenvalue weighted by Crippen LogP contribution is 2.20. The van der Waals surface area contributed by atoms with Gasteiger partial charge in [-0.1, -0.05) is 69.7 Å². The lowest BCUT2D eigenvalue weighted by Gasteiger charge is -2.24. The van der Waals surface area contributed by atoms with Gasteiger partial charge in [0.25, 0.3) is 0 Å². The first-order valence-electron chi connectivity index (χ1n) is 12.7. The van der Waals surface area contributed by atoms with E-state index < -0.39 is 0 Å². The second-order valence-electron chi connectivity index (χ2n) is 8.71. The summed E-state index contributed by atoms with van der Waals surface area (Å²) in [7, 11) is 0. The van der Waals surface area contributed by atoms with Gasteiger partial charge in [-0.15, -0.1) is 0 Å². The van der Waals surface area contributed by atoms with Crippen LogP contribution in [-0.2, 0) is 9.53 Å². The van der Waals surface area contributed by atoms with Crippen molar-refractivity contribution in [2.24, 2.45) is 0 Å². The number of carbonyl (C=O) groups excluding carboxylic acids is 1. The van der Waals surface area contributed by atoms with E-state index in [-0.39, 0.29) is 5.97 Å². The van der Waals surface area contributed by atoms with Crippen molar-refractivity contribution in [3.8, 4) is 0 Å². The van der Waals surface area contributed by atoms with Gasteiger partial charge in [-0.3, -0.25) is 0 Å². The third-order valence-corrected chi connectivity index (χ3v) is 5.87. The lowest BCUT2D eigenvalue weighted by atomic mass is 10.1. The van der Waals surface area contributed by atoms with E-state index in [1.165, 1.54) is 36.9 Å². The van der Waals surface area contributed by atoms with Crippen molar-refractivity contribution in [2.75, 3.05) is 42.6 Å². The molecule has 0 heterocycles. The van der Waals surface area contributed by atoms with Crippen molar-refractivity contribution in [3.05, 3.63) is 71.8 Å². The number of unbranched alkanes of at least 4 members (excludes halogenated alkanes) is 2. The highest BCUT2D eigenvalue weighted by Gasteiger charge is 2.08. The van der Waals surface area contributed by atoms with Gasteiger partial charge in [0.15, 0.2) is 0 Å². The minimum Gasteiger partial charge on any atom is -0.460 e. The van der Waals surface area contributed by atoms with E-state index in [0.29, 0.717) is 18.7 Å². The van der Waals surface area contributed by atoms with Gasteiger partial charge in [-0.2, -0.15) is 0 Å². The van der Waals surface area contributed by atoms with Gasteiger partial charge in [-0.25, -0.2) is 4.79 Å². The number of rotatable bonds is 15. The van der Waals surface area contributed by atoms with E-state index in [0.717, 1.165) is 30.9 Å². The minimum atomic E-state index is -0.334. The average molecular weight is 463 g/mol. The summed E-state index contributed by atoms with van der Waals surface area (Å²) in [5.74, 6) is -0.334. The summed E-state index contributed by atoms with van der Waals surface area (Å²) in [6.07, 6.45) is 9.22. The molecule has 0 saturated carbocycles. The van der Waals surface area contributed by atoms with Crippen molar-refractivity contribution in [1.29, 1.82) is 0 Å². The van der Waals surface area contributed by atoms with Crippen LogP contribution in [0, 0.1) is 0 Å². The molecule has 184 valence electrons. The summed E-state index contributed by atoms with van der Waals surface area (Å²) < 4.78 is 5.24. The smallest absolute Gasteiger partial charge is 0.333 e. The molecule has 0 radical (unpaired) electrons. The molecule has 0 aliphatic rings. The van der Waals surface area contributed by atoms with Crippen LogP contribution in [-0.4, -0.2) is 38.8 Å². The van der Waals surface area contributed by atoms with Crippen LogP contribution in [0.4, 0.5) is 11.4 Å². The molecule has 0 unspecified atom stereocenters. The van der Waals surface area contributed by atoms with Crippen molar-refractivity contribution < 1.29 is 9.53 Å². The van der Waals surface area contributed by atoms with Crippen LogP contribution in [0.5, 0.6) is 0 Å². The highest BCUT2D eigenvalue weighted by molar-refractivity contribution is 5.86. The Hall–Kier alpha value is -3.01. The molecule has 4 nitrogen and oxygen atoms in total. The molecular formula is C30H42N2O2. The Morgan fingerprint density at radius 2 is 1.26 bits per heavy atom. The number of ether oxygens (including phenoxy) is 1. The molecule has 0 N–H and O–H groups in total. The number of likely N-dealkylation sites (N-methyl/N-ethyl adjacent to an activating group) is 1. The summed E-state index contributed by atoms with van der Waals surface area (Å²) in [5, 5.41) is 0. The number of hydrogen-bond acceptors (Lipinski definition) is 4. The molecule has 0 bridgehead atoms. The molecule has 34 heavy (non-hydrogen) atoms. The molecule has 0 spiro atoms. The van der Waals surface area contributed by atoms with Gasteiger partial charge in [0, 0.05) is 36.6 Å². The van der Waals surface area contributed by atoms with Crippen LogP contribution in [0.1, 0.15) is 64.5 Å². The molecule has 0 amide bonds. The summed E-state index contributed by atoms with van der Waals surface area (Å²) in [4.78, 5) is 16.3. The van der Waals surface area contributed by atoms with E-state index in [9.17, 15) is 4.79 Å². The van der Waals surface area contributed by atoms with E-state index in [1.807, 2.05) is 0 Å². The largest absolute Gasteiger partial charge is 0.460 e. The lowest BCUT2D eigenvalue weighted by molar-refractivity contribution is -0.138. The van der Waals surface area contributed by atoms with E-state index in [1.54, 1.807) is 6.92 Å². The van der Waals surface area contributed by atoms with Gasteiger partial charge < -0.3 is 14.5 Å². The molecule has 2 rings (SSSR count). The monoisotopic (exact) mass is 462 g/mol. The number of carbonyl (C=O) groups is 1. The van der Waals surface area contributed by atoms with Crippen molar-refractivity contribution in [3.63, 3.8) is 0 Å². The number of nitrogens with zero attached hydrogens (tertiary/aromatic N) is 2. The maximum atomic E-state index is 11.6. The Morgan fingerprint density at radius 1 is 0.794 bits per heavy atom. The SMILES string of the molecule is C=C(C)C(=O)OCCN(CC)c1ccc(/C=C/c2ccc(N(CCCC)CCCC)cc2)cc1. The van der Waals surface area contributed by atoms with Crippen molar-refractivity contribution >= 4 is 29.5 Å². The zero-order valence-corrected chi connectivity index (χ0v) is 21.6. The quantitative estimate of drug-likeness (QED) is 0.159. The second-order valence-corrected chi connectivity index (χ2v) is 8.71. The first-order valence-corrected chi connectivity index (χ1v) is 12.7. The molecule has 4 heteroatoms. The molecule has 0 aliphatic carbocycles. The summed E-state index contributed by atoms with van der Waals surface area (Å²) in [6, 6.07) is 17.4. The van der Waals surface area contributed by atoms with Gasteiger partial charge in [-0.05, 0) is 62.1 Å². The molecule has 2 aromatic rings. The van der Waals surface area contributed by atoms with Crippen molar-refractivity contribution in [1.82, 2.24) is 0 Å². The third kappa shape index (κ3) is 9.09. The molecular weight excluding hydrogens is 420 g/mol. The first kappa shape index (κ1) is 27.2. The average Bonchev–Trinajstić information content (AvgIpc) is 2.86.